The van der Waals surface area contributed by atoms with Crippen LogP contribution in [0, 0.1) is 6.92 Å². The molecule has 1 amide bonds. The van der Waals surface area contributed by atoms with Crippen molar-refractivity contribution in [3.63, 3.8) is 0 Å². The van der Waals surface area contributed by atoms with Gasteiger partial charge in [-0.15, -0.1) is 0 Å². The highest BCUT2D eigenvalue weighted by Crippen LogP contribution is 2.33. The lowest BCUT2D eigenvalue weighted by molar-refractivity contribution is 0.0921. The molecule has 0 unspecified atom stereocenters. The zero-order chi connectivity index (χ0) is 16.4. The first-order valence-electron chi connectivity index (χ1n) is 7.95. The molecule has 0 bridgehead atoms. The number of aromatic nitrogens is 1. The van der Waals surface area contributed by atoms with E-state index in [9.17, 15) is 4.79 Å². The molecule has 122 valence electrons. The van der Waals surface area contributed by atoms with Crippen molar-refractivity contribution >= 4 is 29.1 Å². The van der Waals surface area contributed by atoms with Crippen LogP contribution >= 0.6 is 23.2 Å². The monoisotopic (exact) mass is 350 g/mol. The Balaban J connectivity index is 1.58. The van der Waals surface area contributed by atoms with E-state index in [-0.39, 0.29) is 11.9 Å². The molecule has 1 saturated carbocycles. The van der Waals surface area contributed by atoms with Crippen molar-refractivity contribution in [2.75, 3.05) is 0 Å². The van der Waals surface area contributed by atoms with Crippen molar-refractivity contribution in [1.82, 2.24) is 10.3 Å². The number of carbonyl (C=O) groups is 1. The molecule has 1 heterocycles. The molecule has 3 rings (SSSR count). The number of nitrogens with one attached hydrogen (secondary N) is 2. The smallest absolute Gasteiger partial charge is 0.269 e. The molecule has 2 aromatic rings. The van der Waals surface area contributed by atoms with Gasteiger partial charge in [-0.1, -0.05) is 53.5 Å². The van der Waals surface area contributed by atoms with Gasteiger partial charge in [0.15, 0.2) is 0 Å². The highest BCUT2D eigenvalue weighted by molar-refractivity contribution is 6.44. The van der Waals surface area contributed by atoms with E-state index < -0.39 is 0 Å². The lowest BCUT2D eigenvalue weighted by atomic mass is 9.82. The number of benzene rings is 1. The minimum atomic E-state index is -0.173. The van der Waals surface area contributed by atoms with Crippen LogP contribution in [0.15, 0.2) is 30.3 Å². The van der Waals surface area contributed by atoms with E-state index in [1.807, 2.05) is 6.07 Å². The van der Waals surface area contributed by atoms with Crippen molar-refractivity contribution in [2.45, 2.75) is 44.6 Å². The van der Waals surface area contributed by atoms with Crippen LogP contribution in [0.2, 0.25) is 10.0 Å². The molecule has 2 N–H and O–H groups in total. The molecule has 0 spiro atoms. The number of rotatable bonds is 3. The Bertz CT molecular complexity index is 689. The molecular weight excluding hydrogens is 331 g/mol. The van der Waals surface area contributed by atoms with Crippen LogP contribution in [0.5, 0.6) is 0 Å². The van der Waals surface area contributed by atoms with Crippen molar-refractivity contribution in [3.05, 3.63) is 57.3 Å². The van der Waals surface area contributed by atoms with Gasteiger partial charge in [0.25, 0.3) is 5.91 Å². The molecule has 3 nitrogen and oxygen atoms in total. The van der Waals surface area contributed by atoms with Gasteiger partial charge in [0.2, 0.25) is 0 Å². The maximum atomic E-state index is 12.4. The summed E-state index contributed by atoms with van der Waals surface area (Å²) in [5.41, 5.74) is 2.47. The van der Waals surface area contributed by atoms with Crippen LogP contribution in [0.3, 0.4) is 0 Å². The van der Waals surface area contributed by atoms with Crippen molar-refractivity contribution in [3.8, 4) is 0 Å². The molecule has 1 aliphatic carbocycles. The zero-order valence-corrected chi connectivity index (χ0v) is 14.5. The number of hydrogen-bond acceptors (Lipinski definition) is 1. The normalized spacial score (nSPS) is 21.2. The molecule has 1 fully saturated rings. The molecule has 0 saturated heterocycles. The number of aryl methyl sites for hydroxylation is 1. The average molecular weight is 351 g/mol. The lowest BCUT2D eigenvalue weighted by Crippen LogP contribution is -2.37. The summed E-state index contributed by atoms with van der Waals surface area (Å²) in [5.74, 6) is 0.420. The quantitative estimate of drug-likeness (QED) is 0.795. The van der Waals surface area contributed by atoms with E-state index in [4.69, 9.17) is 23.2 Å². The summed E-state index contributed by atoms with van der Waals surface area (Å²) in [6, 6.07) is 10.8. The molecule has 5 heteroatoms. The first kappa shape index (κ1) is 16.4. The fourth-order valence-corrected chi connectivity index (χ4v) is 3.70. The van der Waals surface area contributed by atoms with E-state index in [1.165, 1.54) is 5.56 Å². The van der Waals surface area contributed by atoms with Gasteiger partial charge in [0, 0.05) is 11.7 Å². The highest BCUT2D eigenvalue weighted by atomic mass is 35.5. The van der Waals surface area contributed by atoms with Gasteiger partial charge in [0.05, 0.1) is 10.0 Å². The van der Waals surface area contributed by atoms with E-state index >= 15 is 0 Å². The second-order valence-corrected chi connectivity index (χ2v) is 6.94. The third-order valence-corrected chi connectivity index (χ3v) is 5.56. The van der Waals surface area contributed by atoms with Crippen LogP contribution in [-0.2, 0) is 0 Å². The van der Waals surface area contributed by atoms with Gasteiger partial charge in [-0.25, -0.2) is 0 Å². The summed E-state index contributed by atoms with van der Waals surface area (Å²) in [4.78, 5) is 15.3. The number of carbonyl (C=O) groups excluding carboxylic acids is 1. The summed E-state index contributed by atoms with van der Waals surface area (Å²) < 4.78 is 0. The second-order valence-electron chi connectivity index (χ2n) is 6.19. The van der Waals surface area contributed by atoms with Gasteiger partial charge in [-0.05, 0) is 44.1 Å². The first-order valence-corrected chi connectivity index (χ1v) is 8.71. The van der Waals surface area contributed by atoms with Gasteiger partial charge in [0.1, 0.15) is 5.69 Å². The molecule has 1 aromatic heterocycles. The summed E-state index contributed by atoms with van der Waals surface area (Å²) in [7, 11) is 0. The molecule has 1 aliphatic rings. The Hall–Kier alpha value is -1.45. The van der Waals surface area contributed by atoms with Gasteiger partial charge >= 0.3 is 0 Å². The zero-order valence-electron chi connectivity index (χ0n) is 13.0. The SMILES string of the molecule is Cc1[nH]c(C(=O)NC2CCC(c3ccccc3)CC2)c(Cl)c1Cl. The third kappa shape index (κ3) is 3.56. The predicted octanol–water partition coefficient (Wildman–Crippen LogP) is 5.09. The molecule has 0 atom stereocenters. The molecule has 0 radical (unpaired) electrons. The Kier molecular flexibility index (Phi) is 4.98. The van der Waals surface area contributed by atoms with Crippen molar-refractivity contribution in [2.24, 2.45) is 0 Å². The molecule has 0 aliphatic heterocycles. The molecule has 23 heavy (non-hydrogen) atoms. The van der Waals surface area contributed by atoms with Crippen LogP contribution < -0.4 is 5.32 Å². The number of aromatic amines is 1. The van der Waals surface area contributed by atoms with Crippen LogP contribution in [-0.4, -0.2) is 16.9 Å². The van der Waals surface area contributed by atoms with Gasteiger partial charge in [-0.3, -0.25) is 4.79 Å². The van der Waals surface area contributed by atoms with E-state index in [2.05, 4.69) is 34.6 Å². The minimum absolute atomic E-state index is 0.173. The van der Waals surface area contributed by atoms with Crippen molar-refractivity contribution in [1.29, 1.82) is 0 Å². The van der Waals surface area contributed by atoms with Crippen LogP contribution in [0.1, 0.15) is 53.3 Å². The Morgan fingerprint density at radius 1 is 1.09 bits per heavy atom. The largest absolute Gasteiger partial charge is 0.352 e. The summed E-state index contributed by atoms with van der Waals surface area (Å²) in [6.07, 6.45) is 4.15. The fourth-order valence-electron chi connectivity index (χ4n) is 3.28. The number of H-pyrrole nitrogens is 1. The number of halogens is 2. The topological polar surface area (TPSA) is 44.9 Å². The summed E-state index contributed by atoms with van der Waals surface area (Å²) >= 11 is 12.1. The maximum absolute atomic E-state index is 12.4. The van der Waals surface area contributed by atoms with E-state index in [0.29, 0.717) is 21.7 Å². The Morgan fingerprint density at radius 3 is 2.30 bits per heavy atom. The van der Waals surface area contributed by atoms with Crippen LogP contribution in [0.4, 0.5) is 0 Å². The van der Waals surface area contributed by atoms with E-state index in [0.717, 1.165) is 31.4 Å². The van der Waals surface area contributed by atoms with Gasteiger partial charge < -0.3 is 10.3 Å². The summed E-state index contributed by atoms with van der Waals surface area (Å²) in [6.45, 7) is 1.80. The number of amides is 1. The molecule has 1 aromatic carbocycles. The van der Waals surface area contributed by atoms with Crippen LogP contribution in [0.25, 0.3) is 0 Å². The predicted molar refractivity (Wildman–Crippen MR) is 94.5 cm³/mol. The lowest BCUT2D eigenvalue weighted by Gasteiger charge is -2.29. The number of hydrogen-bond donors (Lipinski definition) is 2. The average Bonchev–Trinajstić information content (AvgIpc) is 2.84. The third-order valence-electron chi connectivity index (χ3n) is 4.61. The Morgan fingerprint density at radius 2 is 1.74 bits per heavy atom. The highest BCUT2D eigenvalue weighted by Gasteiger charge is 2.25. The molecular formula is C18H20Cl2N2O. The van der Waals surface area contributed by atoms with Crippen molar-refractivity contribution < 1.29 is 4.79 Å². The second kappa shape index (κ2) is 6.98. The summed E-state index contributed by atoms with van der Waals surface area (Å²) in [5, 5.41) is 3.80. The fraction of sp³-hybridized carbons (Fsp3) is 0.389. The minimum Gasteiger partial charge on any atom is -0.352 e. The standard InChI is InChI=1S/C18H20Cl2N2O/c1-11-15(19)16(20)17(21-11)18(23)22-14-9-7-13(8-10-14)12-5-3-2-4-6-12/h2-6,13-14,21H,7-10H2,1H3,(H,22,23). The van der Waals surface area contributed by atoms with Gasteiger partial charge in [-0.2, -0.15) is 0 Å². The first-order chi connectivity index (χ1) is 11.1. The Labute approximate surface area is 146 Å². The maximum Gasteiger partial charge on any atom is 0.269 e. The van der Waals surface area contributed by atoms with E-state index in [1.54, 1.807) is 6.92 Å².